The second-order valence-corrected chi connectivity index (χ2v) is 6.20. The van der Waals surface area contributed by atoms with Gasteiger partial charge in [0.1, 0.15) is 17.6 Å². The van der Waals surface area contributed by atoms with Crippen molar-refractivity contribution >= 4 is 0 Å². The Bertz CT molecular complexity index is 745. The van der Waals surface area contributed by atoms with E-state index < -0.39 is 12.2 Å². The fourth-order valence-electron chi connectivity index (χ4n) is 3.03. The molecule has 0 saturated carbocycles. The van der Waals surface area contributed by atoms with Crippen molar-refractivity contribution in [3.05, 3.63) is 46.5 Å². The van der Waals surface area contributed by atoms with Gasteiger partial charge in [-0.05, 0) is 48.7 Å². The topological polar surface area (TPSA) is 90.2 Å². The molecule has 5 nitrogen and oxygen atoms in total. The zero-order chi connectivity index (χ0) is 16.9. The first kappa shape index (κ1) is 15.5. The Labute approximate surface area is 134 Å². The highest BCUT2D eigenvalue weighted by molar-refractivity contribution is 5.51. The molecular formula is C18H20O5. The molecule has 0 bridgehead atoms. The minimum atomic E-state index is -0.810. The van der Waals surface area contributed by atoms with Crippen LogP contribution in [-0.4, -0.2) is 26.5 Å². The van der Waals surface area contributed by atoms with Crippen molar-refractivity contribution in [2.24, 2.45) is 0 Å². The molecule has 0 aromatic heterocycles. The zero-order valence-corrected chi connectivity index (χ0v) is 13.2. The van der Waals surface area contributed by atoms with Crippen molar-refractivity contribution in [3.8, 4) is 23.0 Å². The number of hydrogen-bond acceptors (Lipinski definition) is 5. The Kier molecular flexibility index (Phi) is 3.60. The third-order valence-corrected chi connectivity index (χ3v) is 4.53. The van der Waals surface area contributed by atoms with Crippen LogP contribution < -0.4 is 4.74 Å². The van der Waals surface area contributed by atoms with Gasteiger partial charge in [-0.15, -0.1) is 0 Å². The largest absolute Gasteiger partial charge is 0.508 e. The van der Waals surface area contributed by atoms with E-state index in [-0.39, 0.29) is 23.2 Å². The molecule has 2 aromatic carbocycles. The minimum absolute atomic E-state index is 0.135. The van der Waals surface area contributed by atoms with E-state index in [0.29, 0.717) is 16.9 Å². The lowest BCUT2D eigenvalue weighted by atomic mass is 9.85. The van der Waals surface area contributed by atoms with E-state index in [0.717, 1.165) is 11.1 Å². The second kappa shape index (κ2) is 5.35. The standard InChI is InChI=1S/C18H20O5/c1-8-5-12-10(3)17(22)18(23-15(12)7-13(8)19)11-4-9(2)16(21)14(20)6-11/h4-7,10,17-22H,1-3H3. The fourth-order valence-corrected chi connectivity index (χ4v) is 3.03. The van der Waals surface area contributed by atoms with Gasteiger partial charge in [-0.25, -0.2) is 0 Å². The summed E-state index contributed by atoms with van der Waals surface area (Å²) < 4.78 is 5.88. The molecule has 3 unspecified atom stereocenters. The lowest BCUT2D eigenvalue weighted by Gasteiger charge is -2.36. The fraction of sp³-hybridized carbons (Fsp3) is 0.333. The predicted octanol–water partition coefficient (Wildman–Crippen LogP) is 3.02. The Balaban J connectivity index is 2.07. The number of ether oxygens (including phenoxy) is 1. The van der Waals surface area contributed by atoms with Gasteiger partial charge in [0.2, 0.25) is 0 Å². The molecule has 1 aliphatic rings. The van der Waals surface area contributed by atoms with Gasteiger partial charge in [-0.3, -0.25) is 0 Å². The van der Waals surface area contributed by atoms with Crippen LogP contribution in [0, 0.1) is 13.8 Å². The van der Waals surface area contributed by atoms with Crippen molar-refractivity contribution in [2.75, 3.05) is 0 Å². The maximum absolute atomic E-state index is 10.6. The SMILES string of the molecule is Cc1cc2c(cc1O)OC(c1cc(C)c(O)c(O)c1)C(O)C2C. The van der Waals surface area contributed by atoms with Gasteiger partial charge in [-0.2, -0.15) is 0 Å². The van der Waals surface area contributed by atoms with E-state index in [1.54, 1.807) is 26.0 Å². The number of rotatable bonds is 1. The number of hydrogen-bond donors (Lipinski definition) is 4. The molecule has 23 heavy (non-hydrogen) atoms. The molecular weight excluding hydrogens is 296 g/mol. The van der Waals surface area contributed by atoms with Gasteiger partial charge in [0.25, 0.3) is 0 Å². The highest BCUT2D eigenvalue weighted by atomic mass is 16.5. The zero-order valence-electron chi connectivity index (χ0n) is 13.2. The van der Waals surface area contributed by atoms with E-state index in [4.69, 9.17) is 4.74 Å². The number of phenolic OH excluding ortho intramolecular Hbond substituents is 3. The quantitative estimate of drug-likeness (QED) is 0.607. The summed E-state index contributed by atoms with van der Waals surface area (Å²) in [5, 5.41) is 40.0. The van der Waals surface area contributed by atoms with Crippen LogP contribution in [0.4, 0.5) is 0 Å². The average Bonchev–Trinajstić information content (AvgIpc) is 2.50. The van der Waals surface area contributed by atoms with E-state index in [1.807, 2.05) is 13.0 Å². The van der Waals surface area contributed by atoms with Gasteiger partial charge >= 0.3 is 0 Å². The van der Waals surface area contributed by atoms with Gasteiger partial charge in [-0.1, -0.05) is 6.92 Å². The molecule has 0 fully saturated rings. The molecule has 1 heterocycles. The van der Waals surface area contributed by atoms with Crippen LogP contribution in [0.3, 0.4) is 0 Å². The molecule has 0 amide bonds. The third-order valence-electron chi connectivity index (χ3n) is 4.53. The molecule has 3 atom stereocenters. The Hall–Kier alpha value is -2.40. The van der Waals surface area contributed by atoms with E-state index in [1.165, 1.54) is 6.07 Å². The number of aryl methyl sites for hydroxylation is 2. The van der Waals surface area contributed by atoms with Gasteiger partial charge in [0, 0.05) is 17.5 Å². The lowest BCUT2D eigenvalue weighted by Crippen LogP contribution is -2.33. The summed E-state index contributed by atoms with van der Waals surface area (Å²) in [4.78, 5) is 0. The second-order valence-electron chi connectivity index (χ2n) is 6.20. The summed E-state index contributed by atoms with van der Waals surface area (Å²) in [6, 6.07) is 6.43. The summed E-state index contributed by atoms with van der Waals surface area (Å²) in [5.74, 6) is 0.0259. The summed E-state index contributed by atoms with van der Waals surface area (Å²) in [5.41, 5.74) is 2.63. The Morgan fingerprint density at radius 1 is 0.913 bits per heavy atom. The smallest absolute Gasteiger partial charge is 0.160 e. The molecule has 2 aromatic rings. The summed E-state index contributed by atoms with van der Waals surface area (Å²) in [7, 11) is 0. The highest BCUT2D eigenvalue weighted by Gasteiger charge is 2.36. The van der Waals surface area contributed by atoms with Crippen LogP contribution in [0.25, 0.3) is 0 Å². The van der Waals surface area contributed by atoms with Crippen molar-refractivity contribution in [1.29, 1.82) is 0 Å². The lowest BCUT2D eigenvalue weighted by molar-refractivity contribution is 0.00350. The number of aliphatic hydroxyl groups excluding tert-OH is 1. The van der Waals surface area contributed by atoms with Crippen LogP contribution >= 0.6 is 0 Å². The molecule has 4 N–H and O–H groups in total. The van der Waals surface area contributed by atoms with Crippen LogP contribution in [0.2, 0.25) is 0 Å². The van der Waals surface area contributed by atoms with Gasteiger partial charge < -0.3 is 25.2 Å². The summed E-state index contributed by atoms with van der Waals surface area (Å²) >= 11 is 0. The molecule has 122 valence electrons. The van der Waals surface area contributed by atoms with E-state index in [2.05, 4.69) is 0 Å². The monoisotopic (exact) mass is 316 g/mol. The molecule has 0 spiro atoms. The number of aliphatic hydroxyl groups is 1. The third kappa shape index (κ3) is 2.47. The summed E-state index contributed by atoms with van der Waals surface area (Å²) in [6.07, 6.45) is -1.50. The van der Waals surface area contributed by atoms with Crippen LogP contribution in [-0.2, 0) is 0 Å². The molecule has 3 rings (SSSR count). The van der Waals surface area contributed by atoms with Crippen molar-refractivity contribution < 1.29 is 25.2 Å². The van der Waals surface area contributed by atoms with Crippen molar-refractivity contribution in [1.82, 2.24) is 0 Å². The number of benzene rings is 2. The first-order chi connectivity index (χ1) is 10.8. The number of phenols is 3. The molecule has 0 aliphatic carbocycles. The first-order valence-electron chi connectivity index (χ1n) is 7.50. The first-order valence-corrected chi connectivity index (χ1v) is 7.50. The van der Waals surface area contributed by atoms with Crippen molar-refractivity contribution in [3.63, 3.8) is 0 Å². The Morgan fingerprint density at radius 2 is 1.61 bits per heavy atom. The molecule has 0 radical (unpaired) electrons. The van der Waals surface area contributed by atoms with E-state index in [9.17, 15) is 20.4 Å². The average molecular weight is 316 g/mol. The van der Waals surface area contributed by atoms with Gasteiger partial charge in [0.15, 0.2) is 17.6 Å². The van der Waals surface area contributed by atoms with Crippen LogP contribution in [0.5, 0.6) is 23.0 Å². The minimum Gasteiger partial charge on any atom is -0.508 e. The molecule has 5 heteroatoms. The van der Waals surface area contributed by atoms with Crippen LogP contribution in [0.15, 0.2) is 24.3 Å². The summed E-state index contributed by atoms with van der Waals surface area (Å²) in [6.45, 7) is 5.35. The molecule has 1 aliphatic heterocycles. The van der Waals surface area contributed by atoms with Gasteiger partial charge in [0.05, 0.1) is 0 Å². The van der Waals surface area contributed by atoms with Crippen molar-refractivity contribution in [2.45, 2.75) is 38.9 Å². The normalized spacial score (nSPS) is 23.2. The van der Waals surface area contributed by atoms with E-state index >= 15 is 0 Å². The maximum atomic E-state index is 10.6. The highest BCUT2D eigenvalue weighted by Crippen LogP contribution is 2.45. The number of fused-ring (bicyclic) bond motifs is 1. The predicted molar refractivity (Wildman–Crippen MR) is 85.1 cm³/mol. The maximum Gasteiger partial charge on any atom is 0.160 e. The molecule has 0 saturated heterocycles. The van der Waals surface area contributed by atoms with Crippen LogP contribution in [0.1, 0.15) is 41.2 Å². The Morgan fingerprint density at radius 3 is 2.26 bits per heavy atom. The number of aromatic hydroxyl groups is 3.